The van der Waals surface area contributed by atoms with Crippen LogP contribution in [0, 0.1) is 18.8 Å². The number of hydrogen-bond acceptors (Lipinski definition) is 7. The van der Waals surface area contributed by atoms with Gasteiger partial charge in [0.15, 0.2) is 0 Å². The Bertz CT molecular complexity index is 1890. The molecule has 0 aliphatic heterocycles. The van der Waals surface area contributed by atoms with Crippen LogP contribution in [0.2, 0.25) is 0 Å². The highest BCUT2D eigenvalue weighted by atomic mass is 16.6. The summed E-state index contributed by atoms with van der Waals surface area (Å²) in [5.41, 5.74) is 5.85. The zero-order valence-corrected chi connectivity index (χ0v) is 29.7. The van der Waals surface area contributed by atoms with Crippen molar-refractivity contribution in [3.8, 4) is 11.1 Å². The van der Waals surface area contributed by atoms with Crippen molar-refractivity contribution in [2.75, 3.05) is 11.9 Å². The molecule has 12 nitrogen and oxygen atoms in total. The lowest BCUT2D eigenvalue weighted by Crippen LogP contribution is -2.48. The molecule has 1 aromatic heterocycles. The number of ether oxygens (including phenoxy) is 1. The first-order valence-electron chi connectivity index (χ1n) is 17.8. The summed E-state index contributed by atoms with van der Waals surface area (Å²) in [6.07, 6.45) is 4.84. The molecule has 2 aliphatic rings. The fourth-order valence-corrected chi connectivity index (χ4v) is 6.50. The van der Waals surface area contributed by atoms with Crippen molar-refractivity contribution in [3.05, 3.63) is 77.4 Å². The van der Waals surface area contributed by atoms with E-state index < -0.39 is 17.7 Å². The molecule has 5 N–H and O–H groups in total. The summed E-state index contributed by atoms with van der Waals surface area (Å²) in [5.74, 6) is -0.507. The summed E-state index contributed by atoms with van der Waals surface area (Å²) in [6.45, 7) is 7.98. The van der Waals surface area contributed by atoms with Crippen LogP contribution in [0.3, 0.4) is 0 Å². The molecule has 1 heterocycles. The van der Waals surface area contributed by atoms with Crippen LogP contribution in [0.25, 0.3) is 22.2 Å². The second-order valence-electron chi connectivity index (χ2n) is 14.9. The molecule has 2 aliphatic carbocycles. The molecule has 4 amide bonds. The van der Waals surface area contributed by atoms with Crippen molar-refractivity contribution < 1.29 is 23.9 Å². The number of nitrogens with zero attached hydrogens (tertiary/aromatic N) is 2. The van der Waals surface area contributed by atoms with Crippen LogP contribution in [0.15, 0.2) is 60.7 Å². The van der Waals surface area contributed by atoms with E-state index in [0.29, 0.717) is 54.1 Å². The Morgan fingerprint density at radius 3 is 2.29 bits per heavy atom. The predicted octanol–water partition coefficient (Wildman–Crippen LogP) is 5.82. The monoisotopic (exact) mass is 693 g/mol. The largest absolute Gasteiger partial charge is 0.444 e. The van der Waals surface area contributed by atoms with Crippen molar-refractivity contribution >= 4 is 40.5 Å². The van der Waals surface area contributed by atoms with Crippen LogP contribution in [-0.4, -0.2) is 63.5 Å². The lowest BCUT2D eigenvalue weighted by molar-refractivity contribution is -0.130. The van der Waals surface area contributed by atoms with Gasteiger partial charge in [-0.2, -0.15) is 15.4 Å². The highest BCUT2D eigenvalue weighted by Crippen LogP contribution is 2.30. The van der Waals surface area contributed by atoms with E-state index in [4.69, 9.17) is 4.74 Å². The van der Waals surface area contributed by atoms with Gasteiger partial charge < -0.3 is 26.0 Å². The summed E-state index contributed by atoms with van der Waals surface area (Å²) in [5, 5.41) is 22.7. The molecule has 0 spiro atoms. The minimum absolute atomic E-state index is 0.0435. The Balaban J connectivity index is 1.10. The number of benzene rings is 3. The van der Waals surface area contributed by atoms with E-state index in [1.165, 1.54) is 0 Å². The lowest BCUT2D eigenvalue weighted by atomic mass is 9.81. The molecule has 1 atom stereocenters. The Morgan fingerprint density at radius 1 is 0.882 bits per heavy atom. The zero-order chi connectivity index (χ0) is 36.1. The van der Waals surface area contributed by atoms with Crippen LogP contribution in [-0.2, 0) is 20.7 Å². The van der Waals surface area contributed by atoms with Gasteiger partial charge in [0.1, 0.15) is 22.7 Å². The van der Waals surface area contributed by atoms with Crippen molar-refractivity contribution in [3.63, 3.8) is 0 Å². The van der Waals surface area contributed by atoms with Crippen LogP contribution in [0.5, 0.6) is 0 Å². The number of hydrogen-bond donors (Lipinski definition) is 5. The zero-order valence-electron chi connectivity index (χ0n) is 29.7. The molecule has 2 saturated carbocycles. The number of alkyl carbamates (subject to hydrolysis) is 1. The van der Waals surface area contributed by atoms with E-state index in [0.717, 1.165) is 47.9 Å². The number of nitrogens with one attached hydrogen (secondary N) is 5. The maximum Gasteiger partial charge on any atom is 0.407 e. The third-order valence-electron chi connectivity index (χ3n) is 9.47. The Morgan fingerprint density at radius 2 is 1.61 bits per heavy atom. The molecule has 6 rings (SSSR count). The predicted molar refractivity (Wildman–Crippen MR) is 195 cm³/mol. The quantitative estimate of drug-likeness (QED) is 0.132. The number of carbonyl (C=O) groups is 4. The highest BCUT2D eigenvalue weighted by molar-refractivity contribution is 5.99. The molecule has 12 heteroatoms. The number of anilines is 1. The van der Waals surface area contributed by atoms with Crippen LogP contribution in [0.1, 0.15) is 80.8 Å². The molecule has 0 saturated heterocycles. The van der Waals surface area contributed by atoms with Crippen molar-refractivity contribution in [2.24, 2.45) is 11.8 Å². The van der Waals surface area contributed by atoms with E-state index in [2.05, 4.69) is 36.7 Å². The van der Waals surface area contributed by atoms with E-state index >= 15 is 0 Å². The van der Waals surface area contributed by atoms with Gasteiger partial charge in [-0.1, -0.05) is 30.3 Å². The van der Waals surface area contributed by atoms with Crippen molar-refractivity contribution in [1.82, 2.24) is 31.4 Å². The average Bonchev–Trinajstić information content (AvgIpc) is 3.79. The second-order valence-corrected chi connectivity index (χ2v) is 14.9. The average molecular weight is 694 g/mol. The molecule has 268 valence electrons. The Hall–Kier alpha value is -5.26. The number of carbonyl (C=O) groups excluding carboxylic acids is 4. The van der Waals surface area contributed by atoms with Gasteiger partial charge in [0, 0.05) is 36.2 Å². The van der Waals surface area contributed by atoms with Gasteiger partial charge >= 0.3 is 6.09 Å². The topological polar surface area (TPSA) is 167 Å². The third kappa shape index (κ3) is 9.71. The van der Waals surface area contributed by atoms with Crippen LogP contribution in [0.4, 0.5) is 10.5 Å². The fourth-order valence-electron chi connectivity index (χ4n) is 6.50. The van der Waals surface area contributed by atoms with E-state index in [-0.39, 0.29) is 29.6 Å². The molecule has 51 heavy (non-hydrogen) atoms. The first-order valence-corrected chi connectivity index (χ1v) is 17.8. The number of H-pyrrole nitrogens is 1. The SMILES string of the molecule is Cc1cc(C(=O)NC2CC2)ccc1-c1ccc(C[C@H](NC(=O)C2CCC(CNC(=O)OC(C)(C)C)CC2)C(=O)Nc2ccc3n[nH]nc3c2)cc1. The normalized spacial score (nSPS) is 18.0. The van der Waals surface area contributed by atoms with Crippen molar-refractivity contribution in [2.45, 2.75) is 90.3 Å². The fraction of sp³-hybridized carbons (Fsp3) is 0.436. The summed E-state index contributed by atoms with van der Waals surface area (Å²) < 4.78 is 5.35. The number of aromatic amines is 1. The summed E-state index contributed by atoms with van der Waals surface area (Å²) in [6, 6.07) is 18.4. The third-order valence-corrected chi connectivity index (χ3v) is 9.47. The molecule has 0 unspecified atom stereocenters. The molecule has 3 aromatic carbocycles. The van der Waals surface area contributed by atoms with Crippen molar-refractivity contribution in [1.29, 1.82) is 0 Å². The minimum Gasteiger partial charge on any atom is -0.444 e. The van der Waals surface area contributed by atoms with Crippen LogP contribution < -0.4 is 21.3 Å². The van der Waals surface area contributed by atoms with Gasteiger partial charge in [-0.3, -0.25) is 14.4 Å². The standard InChI is InChI=1S/C39H47N7O5/c1-23-19-28(36(48)41-29-14-15-29)13-17-31(23)26-9-5-24(6-10-26)20-34(37(49)42-30-16-18-32-33(21-30)45-46-44-32)43-35(47)27-11-7-25(8-12-27)22-40-38(50)51-39(2,3)4/h5-6,9-10,13,16-19,21,25,27,29,34H,7-8,11-12,14-15,20,22H2,1-4H3,(H,40,50)(H,41,48)(H,42,49)(H,43,47)(H,44,45,46)/t25?,27?,34-/m0/s1. The molecular weight excluding hydrogens is 646 g/mol. The molecule has 4 aromatic rings. The van der Waals surface area contributed by atoms with Crippen LogP contribution >= 0.6 is 0 Å². The number of rotatable bonds is 11. The molecule has 2 fully saturated rings. The second kappa shape index (κ2) is 15.3. The number of amides is 4. The van der Waals surface area contributed by atoms with Gasteiger partial charge in [0.25, 0.3) is 5.91 Å². The summed E-state index contributed by atoms with van der Waals surface area (Å²) in [7, 11) is 0. The number of aryl methyl sites for hydroxylation is 1. The van der Waals surface area contributed by atoms with E-state index in [1.54, 1.807) is 18.2 Å². The summed E-state index contributed by atoms with van der Waals surface area (Å²) >= 11 is 0. The first-order chi connectivity index (χ1) is 24.4. The maximum atomic E-state index is 13.7. The van der Waals surface area contributed by atoms with Gasteiger partial charge in [-0.25, -0.2) is 4.79 Å². The molecule has 0 bridgehead atoms. The minimum atomic E-state index is -0.825. The summed E-state index contributed by atoms with van der Waals surface area (Å²) in [4.78, 5) is 52.0. The molecular formula is C39H47N7O5. The van der Waals surface area contributed by atoms with Gasteiger partial charge in [0.05, 0.1) is 0 Å². The first kappa shape index (κ1) is 35.6. The maximum absolute atomic E-state index is 13.7. The lowest BCUT2D eigenvalue weighted by Gasteiger charge is -2.29. The van der Waals surface area contributed by atoms with Gasteiger partial charge in [-0.15, -0.1) is 0 Å². The Kier molecular flexibility index (Phi) is 10.7. The number of fused-ring (bicyclic) bond motifs is 1. The van der Waals surface area contributed by atoms with E-state index in [9.17, 15) is 19.2 Å². The van der Waals surface area contributed by atoms with Gasteiger partial charge in [-0.05, 0) is 125 Å². The highest BCUT2D eigenvalue weighted by Gasteiger charge is 2.30. The Labute approximate surface area is 297 Å². The molecule has 0 radical (unpaired) electrons. The smallest absolute Gasteiger partial charge is 0.407 e. The van der Waals surface area contributed by atoms with E-state index in [1.807, 2.05) is 70.2 Å². The van der Waals surface area contributed by atoms with Gasteiger partial charge in [0.2, 0.25) is 11.8 Å². The number of aromatic nitrogens is 3.